The molecule has 5 rings (SSSR count). The number of likely N-dealkylation sites (N-methyl/N-ethyl adjacent to an activating group) is 1. The lowest BCUT2D eigenvalue weighted by molar-refractivity contribution is 0.102. The van der Waals surface area contributed by atoms with E-state index in [1.54, 1.807) is 6.20 Å². The molecule has 1 saturated heterocycles. The number of anilines is 2. The number of carbonyl (C=O) groups is 1. The van der Waals surface area contributed by atoms with Gasteiger partial charge < -0.3 is 16.0 Å². The number of fused-ring (bicyclic) bond motifs is 1. The molecule has 1 fully saturated rings. The van der Waals surface area contributed by atoms with E-state index >= 15 is 0 Å². The van der Waals surface area contributed by atoms with Gasteiger partial charge in [0, 0.05) is 61.9 Å². The summed E-state index contributed by atoms with van der Waals surface area (Å²) in [6.45, 7) is 11.3. The molecule has 0 bridgehead atoms. The Morgan fingerprint density at radius 3 is 2.58 bits per heavy atom. The lowest BCUT2D eigenvalue weighted by Crippen LogP contribution is -2.43. The van der Waals surface area contributed by atoms with Gasteiger partial charge in [0.2, 0.25) is 0 Å². The van der Waals surface area contributed by atoms with Crippen LogP contribution in [0.3, 0.4) is 0 Å². The van der Waals surface area contributed by atoms with Crippen LogP contribution in [0.1, 0.15) is 44.1 Å². The molecule has 194 valence electrons. The molecule has 3 N–H and O–H groups in total. The monoisotopic (exact) mass is 507 g/mol. The summed E-state index contributed by atoms with van der Waals surface area (Å²) >= 11 is 0. The minimum absolute atomic E-state index is 0.170. The third-order valence-electron chi connectivity index (χ3n) is 7.17. The highest BCUT2D eigenvalue weighted by Crippen LogP contribution is 2.20. The molecule has 1 aliphatic heterocycles. The zero-order valence-corrected chi connectivity index (χ0v) is 22.4. The standard InChI is InChI=1S/C30H33N7O/c1-20-5-6-24(18-23(20)8-10-27-28-29(31)32-11-12-37(28)22(3)33-27)30(38)34-26-9-7-25(21(2)17-26)19-36-15-13-35(4)14-16-36/h5-7,9,11-12,17-18H,13-16,19H2,1-4H3,(H2,31,32)(H,34,38). The van der Waals surface area contributed by atoms with Crippen molar-refractivity contribution >= 4 is 22.9 Å². The van der Waals surface area contributed by atoms with Gasteiger partial charge in [-0.3, -0.25) is 14.1 Å². The van der Waals surface area contributed by atoms with Gasteiger partial charge in [-0.05, 0) is 74.7 Å². The van der Waals surface area contributed by atoms with Crippen molar-refractivity contribution in [2.75, 3.05) is 44.3 Å². The largest absolute Gasteiger partial charge is 0.382 e. The summed E-state index contributed by atoms with van der Waals surface area (Å²) in [7, 11) is 2.17. The van der Waals surface area contributed by atoms with Crippen molar-refractivity contribution in [1.29, 1.82) is 0 Å². The number of benzene rings is 2. The second kappa shape index (κ2) is 10.7. The van der Waals surface area contributed by atoms with Gasteiger partial charge in [-0.25, -0.2) is 9.97 Å². The molecular formula is C30H33N7O. The molecular weight excluding hydrogens is 474 g/mol. The Hall–Kier alpha value is -4.19. The molecule has 2 aromatic carbocycles. The van der Waals surface area contributed by atoms with E-state index < -0.39 is 0 Å². The molecule has 0 saturated carbocycles. The van der Waals surface area contributed by atoms with Gasteiger partial charge in [-0.15, -0.1) is 0 Å². The van der Waals surface area contributed by atoms with Crippen LogP contribution < -0.4 is 11.1 Å². The van der Waals surface area contributed by atoms with E-state index in [9.17, 15) is 4.79 Å². The van der Waals surface area contributed by atoms with Crippen molar-refractivity contribution in [3.8, 4) is 11.8 Å². The highest BCUT2D eigenvalue weighted by molar-refractivity contribution is 6.04. The second-order valence-corrected chi connectivity index (χ2v) is 9.99. The minimum atomic E-state index is -0.170. The number of rotatable bonds is 4. The first-order chi connectivity index (χ1) is 18.3. The Kier molecular flexibility index (Phi) is 7.14. The molecule has 2 aromatic heterocycles. The topological polar surface area (TPSA) is 91.8 Å². The van der Waals surface area contributed by atoms with Crippen molar-refractivity contribution in [2.45, 2.75) is 27.3 Å². The summed E-state index contributed by atoms with van der Waals surface area (Å²) in [5.41, 5.74) is 12.9. The van der Waals surface area contributed by atoms with Crippen molar-refractivity contribution in [2.24, 2.45) is 0 Å². The smallest absolute Gasteiger partial charge is 0.255 e. The highest BCUT2D eigenvalue weighted by atomic mass is 16.1. The average molecular weight is 508 g/mol. The van der Waals surface area contributed by atoms with Crippen LogP contribution in [0.5, 0.6) is 0 Å². The number of piperazine rings is 1. The second-order valence-electron chi connectivity index (χ2n) is 9.99. The normalized spacial score (nSPS) is 14.3. The van der Waals surface area contributed by atoms with Gasteiger partial charge in [-0.2, -0.15) is 0 Å². The lowest BCUT2D eigenvalue weighted by Gasteiger charge is -2.32. The number of aromatic nitrogens is 3. The first kappa shape index (κ1) is 25.5. The minimum Gasteiger partial charge on any atom is -0.382 e. The summed E-state index contributed by atoms with van der Waals surface area (Å²) in [4.78, 5) is 26.7. The maximum absolute atomic E-state index is 13.1. The van der Waals surface area contributed by atoms with E-state index in [4.69, 9.17) is 5.73 Å². The maximum atomic E-state index is 13.1. The highest BCUT2D eigenvalue weighted by Gasteiger charge is 2.15. The van der Waals surface area contributed by atoms with Gasteiger partial charge in [0.15, 0.2) is 5.82 Å². The molecule has 0 unspecified atom stereocenters. The third-order valence-corrected chi connectivity index (χ3v) is 7.17. The summed E-state index contributed by atoms with van der Waals surface area (Å²) in [5, 5.41) is 3.04. The van der Waals surface area contributed by atoms with Gasteiger partial charge in [0.1, 0.15) is 17.0 Å². The van der Waals surface area contributed by atoms with E-state index in [1.165, 1.54) is 11.1 Å². The Morgan fingerprint density at radius 1 is 1.03 bits per heavy atom. The van der Waals surface area contributed by atoms with E-state index in [-0.39, 0.29) is 5.91 Å². The van der Waals surface area contributed by atoms with Crippen LogP contribution in [0.15, 0.2) is 48.8 Å². The predicted octanol–water partition coefficient (Wildman–Crippen LogP) is 3.64. The number of amides is 1. The van der Waals surface area contributed by atoms with Gasteiger partial charge >= 0.3 is 0 Å². The van der Waals surface area contributed by atoms with Crippen LogP contribution >= 0.6 is 0 Å². The number of nitrogen functional groups attached to an aromatic ring is 1. The fraction of sp³-hybridized carbons (Fsp3) is 0.300. The Labute approximate surface area is 223 Å². The Morgan fingerprint density at radius 2 is 1.82 bits per heavy atom. The van der Waals surface area contributed by atoms with Gasteiger partial charge in [0.25, 0.3) is 5.91 Å². The number of hydrogen-bond donors (Lipinski definition) is 2. The van der Waals surface area contributed by atoms with E-state index in [2.05, 4.69) is 57.0 Å². The molecule has 4 aromatic rings. The van der Waals surface area contributed by atoms with E-state index in [0.29, 0.717) is 22.6 Å². The number of nitrogens with zero attached hydrogens (tertiary/aromatic N) is 5. The fourth-order valence-electron chi connectivity index (χ4n) is 4.73. The molecule has 0 radical (unpaired) electrons. The first-order valence-corrected chi connectivity index (χ1v) is 12.8. The molecule has 0 aliphatic carbocycles. The number of aryl methyl sites for hydroxylation is 3. The van der Waals surface area contributed by atoms with Crippen molar-refractivity contribution < 1.29 is 4.79 Å². The average Bonchev–Trinajstić information content (AvgIpc) is 3.23. The molecule has 0 spiro atoms. The van der Waals surface area contributed by atoms with Crippen molar-refractivity contribution in [3.63, 3.8) is 0 Å². The number of nitrogens with two attached hydrogens (primary N) is 1. The van der Waals surface area contributed by atoms with Crippen LogP contribution in [-0.2, 0) is 6.54 Å². The summed E-state index contributed by atoms with van der Waals surface area (Å²) in [5.74, 6) is 7.31. The number of hydrogen-bond acceptors (Lipinski definition) is 6. The summed E-state index contributed by atoms with van der Waals surface area (Å²) in [6.07, 6.45) is 3.46. The summed E-state index contributed by atoms with van der Waals surface area (Å²) in [6, 6.07) is 11.7. The predicted molar refractivity (Wildman–Crippen MR) is 151 cm³/mol. The van der Waals surface area contributed by atoms with E-state index in [0.717, 1.165) is 55.4 Å². The molecule has 3 heterocycles. The number of carbonyl (C=O) groups excluding carboxylic acids is 1. The molecule has 1 amide bonds. The van der Waals surface area contributed by atoms with Crippen LogP contribution in [0.4, 0.5) is 11.5 Å². The SMILES string of the molecule is Cc1ccc(C(=O)Nc2ccc(CN3CCN(C)CC3)c(C)c2)cc1C#Cc1nc(C)n2ccnc(N)c12. The molecule has 0 atom stereocenters. The van der Waals surface area contributed by atoms with Crippen LogP contribution in [0, 0.1) is 32.6 Å². The molecule has 38 heavy (non-hydrogen) atoms. The van der Waals surface area contributed by atoms with Gasteiger partial charge in [-0.1, -0.05) is 18.1 Å². The first-order valence-electron chi connectivity index (χ1n) is 12.8. The molecule has 8 nitrogen and oxygen atoms in total. The Bertz CT molecular complexity index is 1570. The maximum Gasteiger partial charge on any atom is 0.255 e. The van der Waals surface area contributed by atoms with Crippen molar-refractivity contribution in [3.05, 3.63) is 88.1 Å². The lowest BCUT2D eigenvalue weighted by atomic mass is 10.0. The Balaban J connectivity index is 1.32. The molecule has 8 heteroatoms. The zero-order valence-electron chi connectivity index (χ0n) is 22.4. The van der Waals surface area contributed by atoms with Crippen LogP contribution in [-0.4, -0.2) is 63.3 Å². The summed E-state index contributed by atoms with van der Waals surface area (Å²) < 4.78 is 1.88. The van der Waals surface area contributed by atoms with Crippen LogP contribution in [0.25, 0.3) is 5.52 Å². The van der Waals surface area contributed by atoms with Gasteiger partial charge in [0.05, 0.1) is 0 Å². The number of imidazole rings is 1. The van der Waals surface area contributed by atoms with Crippen molar-refractivity contribution in [1.82, 2.24) is 24.2 Å². The quantitative estimate of drug-likeness (QED) is 0.410. The van der Waals surface area contributed by atoms with Crippen LogP contribution in [0.2, 0.25) is 0 Å². The molecule has 1 aliphatic rings. The fourth-order valence-corrected chi connectivity index (χ4v) is 4.73. The third kappa shape index (κ3) is 5.40. The zero-order chi connectivity index (χ0) is 26.8. The van der Waals surface area contributed by atoms with E-state index in [1.807, 2.05) is 54.8 Å². The number of nitrogens with one attached hydrogen (secondary N) is 1.